The topological polar surface area (TPSA) is 136 Å². The summed E-state index contributed by atoms with van der Waals surface area (Å²) in [4.78, 5) is 47.4. The predicted octanol–water partition coefficient (Wildman–Crippen LogP) is 2.30. The van der Waals surface area contributed by atoms with E-state index in [0.29, 0.717) is 11.8 Å². The first-order valence-electron chi connectivity index (χ1n) is 7.70. The van der Waals surface area contributed by atoms with Crippen molar-refractivity contribution in [2.24, 2.45) is 0 Å². The van der Waals surface area contributed by atoms with E-state index in [1.165, 1.54) is 26.2 Å². The van der Waals surface area contributed by atoms with Crippen LogP contribution in [-0.4, -0.2) is 51.8 Å². The van der Waals surface area contributed by atoms with Crippen molar-refractivity contribution in [2.75, 3.05) is 13.7 Å². The van der Waals surface area contributed by atoms with Crippen molar-refractivity contribution in [3.63, 3.8) is 0 Å². The fourth-order valence-electron chi connectivity index (χ4n) is 2.33. The minimum absolute atomic E-state index is 0.0295. The van der Waals surface area contributed by atoms with Gasteiger partial charge >= 0.3 is 11.7 Å². The van der Waals surface area contributed by atoms with E-state index in [0.717, 1.165) is 11.0 Å². The average molecular weight is 396 g/mol. The van der Waals surface area contributed by atoms with Crippen LogP contribution in [0, 0.1) is 10.1 Å². The summed E-state index contributed by atoms with van der Waals surface area (Å²) < 4.78 is 9.71. The van der Waals surface area contributed by atoms with Crippen molar-refractivity contribution in [1.82, 2.24) is 4.90 Å². The van der Waals surface area contributed by atoms with Gasteiger partial charge in [0.05, 0.1) is 23.5 Å². The Bertz CT molecular complexity index is 851. The number of carbonyl (C=O) groups is 3. The smallest absolute Gasteiger partial charge is 0.329 e. The Labute approximate surface area is 157 Å². The molecule has 1 atom stereocenters. The van der Waals surface area contributed by atoms with Crippen LogP contribution in [0.4, 0.5) is 10.5 Å². The highest BCUT2D eigenvalue weighted by molar-refractivity contribution is 8.18. The Morgan fingerprint density at radius 3 is 2.67 bits per heavy atom. The maximum atomic E-state index is 12.5. The molecule has 0 bridgehead atoms. The number of amides is 2. The molecule has 10 nitrogen and oxygen atoms in total. The van der Waals surface area contributed by atoms with E-state index in [2.05, 4.69) is 0 Å². The summed E-state index contributed by atoms with van der Waals surface area (Å²) in [7, 11) is 1.22. The monoisotopic (exact) mass is 396 g/mol. The molecule has 11 heteroatoms. The average Bonchev–Trinajstić information content (AvgIpc) is 2.89. The molecule has 1 aliphatic heterocycles. The fraction of sp³-hybridized carbons (Fsp3) is 0.312. The molecule has 0 radical (unpaired) electrons. The van der Waals surface area contributed by atoms with E-state index < -0.39 is 39.5 Å². The third-order valence-electron chi connectivity index (χ3n) is 3.63. The molecule has 1 aromatic rings. The van der Waals surface area contributed by atoms with Crippen molar-refractivity contribution in [3.8, 4) is 11.5 Å². The number of thioether (sulfide) groups is 1. The molecular weight excluding hydrogens is 380 g/mol. The van der Waals surface area contributed by atoms with Crippen molar-refractivity contribution < 1.29 is 33.9 Å². The van der Waals surface area contributed by atoms with Gasteiger partial charge in [-0.25, -0.2) is 4.79 Å². The zero-order valence-electron chi connectivity index (χ0n) is 14.6. The van der Waals surface area contributed by atoms with Crippen LogP contribution in [0.5, 0.6) is 11.5 Å². The molecular formula is C16H16N2O8S. The molecule has 1 unspecified atom stereocenters. The number of benzene rings is 1. The SMILES string of the molecule is CCOC(=O)C(C)N1C(=O)S/C(=C/c2cc(OC)c(O)c([N+](=O)[O-])c2)C1=O. The molecule has 1 fully saturated rings. The number of imide groups is 1. The molecule has 1 heterocycles. The number of nitrogens with zero attached hydrogens (tertiary/aromatic N) is 2. The summed E-state index contributed by atoms with van der Waals surface area (Å²) in [6.45, 7) is 3.07. The highest BCUT2D eigenvalue weighted by Crippen LogP contribution is 2.39. The maximum absolute atomic E-state index is 12.5. The van der Waals surface area contributed by atoms with Crippen LogP contribution in [0.15, 0.2) is 17.0 Å². The highest BCUT2D eigenvalue weighted by atomic mass is 32.2. The number of nitro benzene ring substituents is 1. The summed E-state index contributed by atoms with van der Waals surface area (Å²) in [6, 6.07) is 1.22. The Morgan fingerprint density at radius 2 is 2.11 bits per heavy atom. The number of phenols is 1. The summed E-state index contributed by atoms with van der Waals surface area (Å²) in [5.74, 6) is -2.25. The standard InChI is InChI=1S/C16H16N2O8S/c1-4-26-15(21)8(2)17-14(20)12(27-16(17)22)7-9-5-10(18(23)24)13(19)11(6-9)25-3/h5-8,19H,4H2,1-3H3/b12-7+. The molecule has 27 heavy (non-hydrogen) atoms. The predicted molar refractivity (Wildman–Crippen MR) is 95.2 cm³/mol. The lowest BCUT2D eigenvalue weighted by Gasteiger charge is -2.19. The van der Waals surface area contributed by atoms with Crippen molar-refractivity contribution in [2.45, 2.75) is 19.9 Å². The molecule has 1 aromatic carbocycles. The van der Waals surface area contributed by atoms with Gasteiger partial charge in [0.25, 0.3) is 11.1 Å². The first-order valence-corrected chi connectivity index (χ1v) is 8.52. The van der Waals surface area contributed by atoms with Crippen LogP contribution in [-0.2, 0) is 14.3 Å². The first-order chi connectivity index (χ1) is 12.7. The van der Waals surface area contributed by atoms with Gasteiger partial charge in [-0.1, -0.05) is 0 Å². The molecule has 0 saturated carbocycles. The summed E-state index contributed by atoms with van der Waals surface area (Å²) in [5, 5.41) is 20.2. The van der Waals surface area contributed by atoms with Gasteiger partial charge < -0.3 is 14.6 Å². The molecule has 2 amide bonds. The van der Waals surface area contributed by atoms with Crippen LogP contribution in [0.2, 0.25) is 0 Å². The third kappa shape index (κ3) is 4.03. The largest absolute Gasteiger partial charge is 0.500 e. The van der Waals surface area contributed by atoms with Gasteiger partial charge in [-0.2, -0.15) is 0 Å². The molecule has 1 N–H and O–H groups in total. The quantitative estimate of drug-likeness (QED) is 0.332. The van der Waals surface area contributed by atoms with Gasteiger partial charge in [0, 0.05) is 6.07 Å². The normalized spacial score (nSPS) is 16.6. The third-order valence-corrected chi connectivity index (χ3v) is 4.51. The maximum Gasteiger partial charge on any atom is 0.329 e. The van der Waals surface area contributed by atoms with Gasteiger partial charge in [-0.05, 0) is 43.3 Å². The number of aromatic hydroxyl groups is 1. The van der Waals surface area contributed by atoms with E-state index in [9.17, 15) is 29.6 Å². The number of nitro groups is 1. The number of hydrogen-bond acceptors (Lipinski definition) is 9. The Balaban J connectivity index is 2.39. The molecule has 0 aromatic heterocycles. The molecule has 0 spiro atoms. The van der Waals surface area contributed by atoms with Crippen LogP contribution in [0.3, 0.4) is 0 Å². The number of phenolic OH excluding ortho intramolecular Hbond substituents is 1. The van der Waals surface area contributed by atoms with Crippen molar-refractivity contribution in [3.05, 3.63) is 32.7 Å². The van der Waals surface area contributed by atoms with Crippen LogP contribution >= 0.6 is 11.8 Å². The zero-order chi connectivity index (χ0) is 20.3. The molecule has 144 valence electrons. The second kappa shape index (κ2) is 8.08. The summed E-state index contributed by atoms with van der Waals surface area (Å²) in [6.07, 6.45) is 1.25. The lowest BCUT2D eigenvalue weighted by Crippen LogP contribution is -2.42. The zero-order valence-corrected chi connectivity index (χ0v) is 15.4. The summed E-state index contributed by atoms with van der Waals surface area (Å²) >= 11 is 0.590. The lowest BCUT2D eigenvalue weighted by atomic mass is 10.1. The van der Waals surface area contributed by atoms with Crippen LogP contribution < -0.4 is 4.74 Å². The van der Waals surface area contributed by atoms with E-state index in [1.807, 2.05) is 0 Å². The van der Waals surface area contributed by atoms with Gasteiger partial charge in [-0.3, -0.25) is 24.6 Å². The number of carbonyl (C=O) groups excluding carboxylic acids is 3. The highest BCUT2D eigenvalue weighted by Gasteiger charge is 2.41. The van der Waals surface area contributed by atoms with E-state index in [4.69, 9.17) is 9.47 Å². The van der Waals surface area contributed by atoms with Crippen molar-refractivity contribution in [1.29, 1.82) is 0 Å². The fourth-order valence-corrected chi connectivity index (χ4v) is 3.23. The van der Waals surface area contributed by atoms with E-state index >= 15 is 0 Å². The van der Waals surface area contributed by atoms with Crippen LogP contribution in [0.1, 0.15) is 19.4 Å². The Morgan fingerprint density at radius 1 is 1.44 bits per heavy atom. The second-order valence-corrected chi connectivity index (χ2v) is 6.32. The number of methoxy groups -OCH3 is 1. The van der Waals surface area contributed by atoms with Crippen LogP contribution in [0.25, 0.3) is 6.08 Å². The molecule has 2 rings (SSSR count). The number of ether oxygens (including phenoxy) is 2. The lowest BCUT2D eigenvalue weighted by molar-refractivity contribution is -0.386. The number of hydrogen-bond donors (Lipinski definition) is 1. The van der Waals surface area contributed by atoms with Gasteiger partial charge in [0.2, 0.25) is 5.75 Å². The molecule has 0 aliphatic carbocycles. The molecule has 1 aliphatic rings. The summed E-state index contributed by atoms with van der Waals surface area (Å²) in [5.41, 5.74) is -0.439. The van der Waals surface area contributed by atoms with Gasteiger partial charge in [0.15, 0.2) is 5.75 Å². The minimum atomic E-state index is -1.10. The second-order valence-electron chi connectivity index (χ2n) is 5.33. The minimum Gasteiger partial charge on any atom is -0.500 e. The van der Waals surface area contributed by atoms with Gasteiger partial charge in [-0.15, -0.1) is 0 Å². The van der Waals surface area contributed by atoms with E-state index in [1.54, 1.807) is 6.92 Å². The molecule has 1 saturated heterocycles. The number of esters is 1. The number of rotatable bonds is 6. The Hall–Kier alpha value is -3.08. The Kier molecular flexibility index (Phi) is 6.05. The first kappa shape index (κ1) is 20.2. The van der Waals surface area contributed by atoms with Crippen molar-refractivity contribution >= 4 is 40.6 Å². The van der Waals surface area contributed by atoms with E-state index in [-0.39, 0.29) is 22.8 Å². The van der Waals surface area contributed by atoms with Gasteiger partial charge in [0.1, 0.15) is 6.04 Å².